The Kier molecular flexibility index (Phi) is 6.22. The van der Waals surface area contributed by atoms with Gasteiger partial charge >= 0.3 is 5.97 Å². The van der Waals surface area contributed by atoms with Crippen molar-refractivity contribution in [3.05, 3.63) is 59.2 Å². The van der Waals surface area contributed by atoms with E-state index >= 15 is 0 Å². The zero-order valence-corrected chi connectivity index (χ0v) is 16.5. The van der Waals surface area contributed by atoms with Crippen LogP contribution in [-0.4, -0.2) is 40.2 Å². The predicted molar refractivity (Wildman–Crippen MR) is 105 cm³/mol. The van der Waals surface area contributed by atoms with Crippen LogP contribution in [0.3, 0.4) is 0 Å². The third kappa shape index (κ3) is 4.85. The summed E-state index contributed by atoms with van der Waals surface area (Å²) in [6.45, 7) is 3.23. The topological polar surface area (TPSA) is 92.8 Å². The molecule has 0 saturated heterocycles. The Hall–Kier alpha value is -2.87. The Morgan fingerprint density at radius 3 is 2.19 bits per heavy atom. The molecule has 0 spiro atoms. The summed E-state index contributed by atoms with van der Waals surface area (Å²) >= 11 is 0. The van der Waals surface area contributed by atoms with Crippen LogP contribution in [0.15, 0.2) is 42.5 Å². The predicted octanol–water partition coefficient (Wildman–Crippen LogP) is 2.49. The lowest BCUT2D eigenvalue weighted by molar-refractivity contribution is -0.114. The number of anilines is 2. The van der Waals surface area contributed by atoms with Gasteiger partial charge in [0.25, 0.3) is 0 Å². The van der Waals surface area contributed by atoms with E-state index in [4.69, 9.17) is 4.74 Å². The van der Waals surface area contributed by atoms with Crippen LogP contribution in [-0.2, 0) is 19.6 Å². The summed E-state index contributed by atoms with van der Waals surface area (Å²) in [4.78, 5) is 24.6. The van der Waals surface area contributed by atoms with Crippen molar-refractivity contribution in [1.82, 2.24) is 0 Å². The van der Waals surface area contributed by atoms with E-state index in [1.807, 2.05) is 32.0 Å². The van der Waals surface area contributed by atoms with Crippen molar-refractivity contribution in [3.8, 4) is 0 Å². The summed E-state index contributed by atoms with van der Waals surface area (Å²) in [6.07, 6.45) is 0.980. The van der Waals surface area contributed by atoms with Gasteiger partial charge in [-0.1, -0.05) is 30.3 Å². The van der Waals surface area contributed by atoms with Gasteiger partial charge in [0.1, 0.15) is 6.54 Å². The van der Waals surface area contributed by atoms with Crippen LogP contribution < -0.4 is 9.62 Å². The molecule has 2 rings (SSSR count). The first-order valence-electron chi connectivity index (χ1n) is 8.16. The molecule has 27 heavy (non-hydrogen) atoms. The minimum absolute atomic E-state index is 0.0605. The zero-order valence-electron chi connectivity index (χ0n) is 15.6. The van der Waals surface area contributed by atoms with E-state index in [0.29, 0.717) is 5.69 Å². The number of aryl methyl sites for hydroxylation is 2. The average molecular weight is 390 g/mol. The number of sulfonamides is 1. The minimum atomic E-state index is -3.83. The molecule has 8 heteroatoms. The minimum Gasteiger partial charge on any atom is -0.465 e. The number of carbonyl (C=O) groups excluding carboxylic acids is 2. The van der Waals surface area contributed by atoms with Crippen molar-refractivity contribution in [2.75, 3.05) is 29.5 Å². The van der Waals surface area contributed by atoms with Gasteiger partial charge in [0.05, 0.1) is 24.6 Å². The van der Waals surface area contributed by atoms with Crippen molar-refractivity contribution in [2.24, 2.45) is 0 Å². The highest BCUT2D eigenvalue weighted by Crippen LogP contribution is 2.24. The van der Waals surface area contributed by atoms with Crippen LogP contribution in [0.1, 0.15) is 21.5 Å². The molecule has 0 bridgehead atoms. The van der Waals surface area contributed by atoms with E-state index in [2.05, 4.69) is 5.32 Å². The van der Waals surface area contributed by atoms with Crippen LogP contribution in [0.4, 0.5) is 11.4 Å². The molecular formula is C19H22N2O5S. The lowest BCUT2D eigenvalue weighted by Crippen LogP contribution is -2.38. The van der Waals surface area contributed by atoms with Gasteiger partial charge in [-0.05, 0) is 37.1 Å². The van der Waals surface area contributed by atoms with Crippen molar-refractivity contribution in [3.63, 3.8) is 0 Å². The lowest BCUT2D eigenvalue weighted by Gasteiger charge is -2.24. The SMILES string of the molecule is COC(=O)c1ccccc1N(CC(=O)Nc1c(C)cccc1C)S(C)(=O)=O. The van der Waals surface area contributed by atoms with E-state index in [1.165, 1.54) is 19.2 Å². The third-order valence-electron chi connectivity index (χ3n) is 4.01. The molecule has 0 heterocycles. The van der Waals surface area contributed by atoms with Gasteiger partial charge in [0.15, 0.2) is 0 Å². The van der Waals surface area contributed by atoms with E-state index in [-0.39, 0.29) is 11.3 Å². The maximum Gasteiger partial charge on any atom is 0.340 e. The maximum atomic E-state index is 12.6. The molecule has 0 aliphatic carbocycles. The van der Waals surface area contributed by atoms with Crippen molar-refractivity contribution in [1.29, 1.82) is 0 Å². The number of nitrogens with zero attached hydrogens (tertiary/aromatic N) is 1. The van der Waals surface area contributed by atoms with Gasteiger partial charge in [-0.15, -0.1) is 0 Å². The smallest absolute Gasteiger partial charge is 0.340 e. The fraction of sp³-hybridized carbons (Fsp3) is 0.263. The van der Waals surface area contributed by atoms with Gasteiger partial charge in [-0.2, -0.15) is 0 Å². The van der Waals surface area contributed by atoms with Crippen LogP contribution in [0.5, 0.6) is 0 Å². The summed E-state index contributed by atoms with van der Waals surface area (Å²) in [5, 5.41) is 2.75. The number of hydrogen-bond donors (Lipinski definition) is 1. The van der Waals surface area contributed by atoms with E-state index in [9.17, 15) is 18.0 Å². The van der Waals surface area contributed by atoms with Crippen LogP contribution >= 0.6 is 0 Å². The molecule has 7 nitrogen and oxygen atoms in total. The summed E-state index contributed by atoms with van der Waals surface area (Å²) in [6, 6.07) is 11.7. The number of esters is 1. The number of nitrogens with one attached hydrogen (secondary N) is 1. The molecule has 0 atom stereocenters. The number of hydrogen-bond acceptors (Lipinski definition) is 5. The fourth-order valence-corrected chi connectivity index (χ4v) is 3.54. The van der Waals surface area contributed by atoms with Gasteiger partial charge in [0, 0.05) is 5.69 Å². The second kappa shape index (κ2) is 8.22. The molecule has 144 valence electrons. The van der Waals surface area contributed by atoms with E-state index < -0.39 is 28.4 Å². The molecular weight excluding hydrogens is 368 g/mol. The number of para-hydroxylation sites is 2. The molecule has 0 radical (unpaired) electrons. The highest BCUT2D eigenvalue weighted by atomic mass is 32.2. The average Bonchev–Trinajstić information content (AvgIpc) is 2.61. The molecule has 0 aliphatic heterocycles. The van der Waals surface area contributed by atoms with Crippen LogP contribution in [0, 0.1) is 13.8 Å². The number of carbonyl (C=O) groups is 2. The second-order valence-corrected chi connectivity index (χ2v) is 8.00. The highest BCUT2D eigenvalue weighted by Gasteiger charge is 2.26. The molecule has 0 unspecified atom stereocenters. The Labute approximate surface area is 159 Å². The van der Waals surface area contributed by atoms with Crippen molar-refractivity contribution in [2.45, 2.75) is 13.8 Å². The maximum absolute atomic E-state index is 12.6. The van der Waals surface area contributed by atoms with E-state index in [1.54, 1.807) is 12.1 Å². The number of ether oxygens (including phenoxy) is 1. The Morgan fingerprint density at radius 1 is 1.04 bits per heavy atom. The first kappa shape index (κ1) is 20.4. The number of rotatable bonds is 6. The Bertz CT molecular complexity index is 950. The van der Waals surface area contributed by atoms with Crippen molar-refractivity contribution < 1.29 is 22.7 Å². The summed E-state index contributed by atoms with van der Waals surface area (Å²) in [5.41, 5.74) is 2.51. The summed E-state index contributed by atoms with van der Waals surface area (Å²) in [5.74, 6) is -1.20. The number of amides is 1. The molecule has 2 aromatic carbocycles. The number of methoxy groups -OCH3 is 1. The van der Waals surface area contributed by atoms with Gasteiger partial charge in [0.2, 0.25) is 15.9 Å². The highest BCUT2D eigenvalue weighted by molar-refractivity contribution is 7.92. The lowest BCUT2D eigenvalue weighted by atomic mass is 10.1. The van der Waals surface area contributed by atoms with Crippen molar-refractivity contribution >= 4 is 33.3 Å². The second-order valence-electron chi connectivity index (χ2n) is 6.09. The summed E-state index contributed by atoms with van der Waals surface area (Å²) < 4.78 is 30.2. The Balaban J connectivity index is 2.37. The Morgan fingerprint density at radius 2 is 1.63 bits per heavy atom. The molecule has 0 saturated carbocycles. The van der Waals surface area contributed by atoms with E-state index in [0.717, 1.165) is 21.7 Å². The van der Waals surface area contributed by atoms with Crippen LogP contribution in [0.2, 0.25) is 0 Å². The molecule has 1 N–H and O–H groups in total. The quantitative estimate of drug-likeness (QED) is 0.765. The fourth-order valence-electron chi connectivity index (χ4n) is 2.68. The summed E-state index contributed by atoms with van der Waals surface area (Å²) in [7, 11) is -2.62. The van der Waals surface area contributed by atoms with Gasteiger partial charge < -0.3 is 10.1 Å². The first-order valence-corrected chi connectivity index (χ1v) is 10.0. The number of benzene rings is 2. The zero-order chi connectivity index (χ0) is 20.2. The molecule has 0 aromatic heterocycles. The van der Waals surface area contributed by atoms with Crippen LogP contribution in [0.25, 0.3) is 0 Å². The first-order chi connectivity index (χ1) is 12.6. The largest absolute Gasteiger partial charge is 0.465 e. The van der Waals surface area contributed by atoms with Gasteiger partial charge in [-0.25, -0.2) is 13.2 Å². The third-order valence-corrected chi connectivity index (χ3v) is 5.14. The molecule has 2 aromatic rings. The van der Waals surface area contributed by atoms with Gasteiger partial charge in [-0.3, -0.25) is 9.10 Å². The molecule has 1 amide bonds. The normalized spacial score (nSPS) is 11.0. The standard InChI is InChI=1S/C19H22N2O5S/c1-13-8-7-9-14(2)18(13)20-17(22)12-21(27(4,24)25)16-11-6-5-10-15(16)19(23)26-3/h5-11H,12H2,1-4H3,(H,20,22). The molecule has 0 aliphatic rings. The monoisotopic (exact) mass is 390 g/mol. The molecule has 0 fully saturated rings.